The van der Waals surface area contributed by atoms with Gasteiger partial charge < -0.3 is 10.0 Å². The minimum atomic E-state index is -0.709. The third-order valence-corrected chi connectivity index (χ3v) is 10.3. The highest BCUT2D eigenvalue weighted by atomic mass is 35.5. The van der Waals surface area contributed by atoms with E-state index in [0.29, 0.717) is 17.1 Å². The van der Waals surface area contributed by atoms with Gasteiger partial charge in [-0.25, -0.2) is 0 Å². The van der Waals surface area contributed by atoms with E-state index in [9.17, 15) is 9.90 Å². The van der Waals surface area contributed by atoms with Crippen LogP contribution in [0.25, 0.3) is 0 Å². The van der Waals surface area contributed by atoms with Crippen molar-refractivity contribution < 1.29 is 9.90 Å². The average molecular weight is 643 g/mol. The van der Waals surface area contributed by atoms with Gasteiger partial charge in [-0.05, 0) is 47.5 Å². The number of amides is 1. The molecule has 1 N–H and O–H groups in total. The molecule has 3 atom stereocenters. The van der Waals surface area contributed by atoms with Crippen LogP contribution in [0.15, 0.2) is 78.9 Å². The molecule has 0 aliphatic carbocycles. The molecule has 0 saturated carbocycles. The average Bonchev–Trinajstić information content (AvgIpc) is 3.40. The summed E-state index contributed by atoms with van der Waals surface area (Å²) in [5, 5.41) is 13.2. The maximum Gasteiger partial charge on any atom is 0.254 e. The monoisotopic (exact) mass is 641 g/mol. The second-order valence-corrected chi connectivity index (χ2v) is 13.0. The zero-order valence-corrected chi connectivity index (χ0v) is 26.4. The van der Waals surface area contributed by atoms with Gasteiger partial charge in [-0.15, -0.1) is 11.6 Å². The zero-order chi connectivity index (χ0) is 30.0. The van der Waals surface area contributed by atoms with E-state index >= 15 is 0 Å². The predicted octanol–water partition coefficient (Wildman–Crippen LogP) is 4.88. The first kappa shape index (κ1) is 30.8. The van der Waals surface area contributed by atoms with Crippen LogP contribution < -0.4 is 0 Å². The van der Waals surface area contributed by atoms with Crippen molar-refractivity contribution in [2.75, 3.05) is 65.4 Å². The first-order valence-corrected chi connectivity index (χ1v) is 16.2. The lowest BCUT2D eigenvalue weighted by molar-refractivity contribution is -0.136. The van der Waals surface area contributed by atoms with E-state index in [1.165, 1.54) is 5.56 Å². The van der Waals surface area contributed by atoms with E-state index in [2.05, 4.69) is 43.9 Å². The molecule has 0 radical (unpaired) electrons. The molecule has 3 fully saturated rings. The van der Waals surface area contributed by atoms with Crippen LogP contribution in [0.5, 0.6) is 0 Å². The number of alkyl halides is 1. The summed E-state index contributed by atoms with van der Waals surface area (Å²) in [6.45, 7) is 7.99. The highest BCUT2D eigenvalue weighted by molar-refractivity contribution is 6.30. The third kappa shape index (κ3) is 6.60. The Morgan fingerprint density at radius 2 is 1.35 bits per heavy atom. The summed E-state index contributed by atoms with van der Waals surface area (Å²) in [7, 11) is 0. The van der Waals surface area contributed by atoms with Crippen LogP contribution in [0, 0.1) is 0 Å². The minimum Gasteiger partial charge on any atom is -0.388 e. The SMILES string of the molecule is O=C(c1ccc(Cl)cc1)N1CC(O)C(N2CCN(Cc3ccc(Cl)cc3)CC2)(N2CCN(C(Cl)c3ccccc3)CC2)C1. The first-order valence-electron chi connectivity index (χ1n) is 15.0. The van der Waals surface area contributed by atoms with Gasteiger partial charge in [0, 0.05) is 74.5 Å². The number of piperazine rings is 2. The van der Waals surface area contributed by atoms with Gasteiger partial charge in [0.05, 0.1) is 13.1 Å². The predicted molar refractivity (Wildman–Crippen MR) is 173 cm³/mol. The van der Waals surface area contributed by atoms with Crippen molar-refractivity contribution in [3.05, 3.63) is 106 Å². The van der Waals surface area contributed by atoms with Crippen LogP contribution >= 0.6 is 34.8 Å². The Hall–Kier alpha value is -2.20. The van der Waals surface area contributed by atoms with Crippen molar-refractivity contribution in [3.8, 4) is 0 Å². The lowest BCUT2D eigenvalue weighted by Crippen LogP contribution is -2.72. The van der Waals surface area contributed by atoms with Gasteiger partial charge >= 0.3 is 0 Å². The molecule has 43 heavy (non-hydrogen) atoms. The van der Waals surface area contributed by atoms with Crippen LogP contribution in [-0.4, -0.2) is 113 Å². The van der Waals surface area contributed by atoms with Crippen LogP contribution in [0.4, 0.5) is 0 Å². The number of carbonyl (C=O) groups excluding carboxylic acids is 1. The van der Waals surface area contributed by atoms with Crippen molar-refractivity contribution in [1.82, 2.24) is 24.5 Å². The molecule has 3 heterocycles. The molecule has 3 aliphatic heterocycles. The highest BCUT2D eigenvalue weighted by Crippen LogP contribution is 2.36. The topological polar surface area (TPSA) is 53.5 Å². The number of rotatable bonds is 7. The molecule has 1 amide bonds. The quantitative estimate of drug-likeness (QED) is 0.293. The Morgan fingerprint density at radius 3 is 1.95 bits per heavy atom. The molecule has 10 heteroatoms. The number of β-amino-alcohol motifs (C(OH)–C–C–N with tert-alkyl or cyclic N) is 1. The molecule has 3 aromatic carbocycles. The van der Waals surface area contributed by atoms with E-state index in [1.54, 1.807) is 24.3 Å². The number of hydrogen-bond donors (Lipinski definition) is 1. The number of benzene rings is 3. The molecule has 6 rings (SSSR count). The van der Waals surface area contributed by atoms with Gasteiger partial charge in [0.1, 0.15) is 17.3 Å². The number of likely N-dealkylation sites (tertiary alicyclic amines) is 1. The lowest BCUT2D eigenvalue weighted by Gasteiger charge is -2.54. The van der Waals surface area contributed by atoms with Crippen molar-refractivity contribution in [2.45, 2.75) is 23.8 Å². The fourth-order valence-electron chi connectivity index (χ4n) is 6.86. The number of aliphatic hydroxyl groups excluding tert-OH is 1. The van der Waals surface area contributed by atoms with Crippen LogP contribution in [0.3, 0.4) is 0 Å². The standard InChI is InChI=1S/C33H38Cl3N5O2/c34-28-10-6-25(7-11-28)22-37-14-18-40(19-15-37)33(24-39(23-30(33)42)32(43)27-8-12-29(35)13-9-27)41-20-16-38(17-21-41)31(36)26-4-2-1-3-5-26/h1-13,30-31,42H,14-24H2. The molecule has 0 aromatic heterocycles. The Morgan fingerprint density at radius 1 is 0.791 bits per heavy atom. The van der Waals surface area contributed by atoms with Gasteiger partial charge in [0.25, 0.3) is 5.91 Å². The number of hydrogen-bond acceptors (Lipinski definition) is 6. The molecule has 3 saturated heterocycles. The maximum absolute atomic E-state index is 13.6. The van der Waals surface area contributed by atoms with Crippen molar-refractivity contribution >= 4 is 40.7 Å². The Kier molecular flexibility index (Phi) is 9.62. The summed E-state index contributed by atoms with van der Waals surface area (Å²) >= 11 is 19.1. The Bertz CT molecular complexity index is 1360. The summed E-state index contributed by atoms with van der Waals surface area (Å²) in [6.07, 6.45) is -0.709. The first-order chi connectivity index (χ1) is 20.8. The fraction of sp³-hybridized carbons (Fsp3) is 0.424. The summed E-state index contributed by atoms with van der Waals surface area (Å²) in [6, 6.07) is 25.2. The number of carbonyl (C=O) groups is 1. The second-order valence-electron chi connectivity index (χ2n) is 11.7. The molecule has 3 unspecified atom stereocenters. The molecular formula is C33H38Cl3N5O2. The van der Waals surface area contributed by atoms with E-state index < -0.39 is 11.8 Å². The summed E-state index contributed by atoms with van der Waals surface area (Å²) < 4.78 is 0. The normalized spacial score (nSPS) is 25.2. The number of halogens is 3. The van der Waals surface area contributed by atoms with Crippen molar-refractivity contribution in [1.29, 1.82) is 0 Å². The van der Waals surface area contributed by atoms with E-state index in [1.807, 2.05) is 35.2 Å². The van der Waals surface area contributed by atoms with E-state index in [4.69, 9.17) is 34.8 Å². The smallest absolute Gasteiger partial charge is 0.254 e. The molecule has 0 bridgehead atoms. The largest absolute Gasteiger partial charge is 0.388 e. The van der Waals surface area contributed by atoms with Gasteiger partial charge in [-0.1, -0.05) is 65.7 Å². The summed E-state index contributed by atoms with van der Waals surface area (Å²) in [4.78, 5) is 25.0. The minimum absolute atomic E-state index is 0.0810. The van der Waals surface area contributed by atoms with Gasteiger partial charge in [0.2, 0.25) is 0 Å². The van der Waals surface area contributed by atoms with Crippen LogP contribution in [-0.2, 0) is 6.54 Å². The molecular weight excluding hydrogens is 605 g/mol. The van der Waals surface area contributed by atoms with Gasteiger partial charge in [0.15, 0.2) is 0 Å². The van der Waals surface area contributed by atoms with Crippen molar-refractivity contribution in [3.63, 3.8) is 0 Å². The lowest BCUT2D eigenvalue weighted by atomic mass is 9.98. The van der Waals surface area contributed by atoms with Crippen LogP contribution in [0.2, 0.25) is 10.0 Å². The van der Waals surface area contributed by atoms with Crippen LogP contribution in [0.1, 0.15) is 27.0 Å². The second kappa shape index (κ2) is 13.4. The fourth-order valence-corrected chi connectivity index (χ4v) is 7.45. The van der Waals surface area contributed by atoms with Gasteiger partial charge in [-0.3, -0.25) is 24.4 Å². The molecule has 3 aliphatic rings. The highest BCUT2D eigenvalue weighted by Gasteiger charge is 2.56. The Balaban J connectivity index is 1.19. The maximum atomic E-state index is 13.6. The molecule has 7 nitrogen and oxygen atoms in total. The number of aliphatic hydroxyl groups is 1. The molecule has 3 aromatic rings. The third-order valence-electron chi connectivity index (χ3n) is 9.23. The van der Waals surface area contributed by atoms with Gasteiger partial charge in [-0.2, -0.15) is 0 Å². The van der Waals surface area contributed by atoms with E-state index in [0.717, 1.165) is 69.5 Å². The summed E-state index contributed by atoms with van der Waals surface area (Å²) in [5.41, 5.74) is 2.03. The van der Waals surface area contributed by atoms with E-state index in [-0.39, 0.29) is 18.0 Å². The van der Waals surface area contributed by atoms with Crippen molar-refractivity contribution in [2.24, 2.45) is 0 Å². The molecule has 0 spiro atoms. The zero-order valence-electron chi connectivity index (χ0n) is 24.2. The number of nitrogens with zero attached hydrogens (tertiary/aromatic N) is 5. The Labute approximate surface area is 269 Å². The molecule has 228 valence electrons. The summed E-state index contributed by atoms with van der Waals surface area (Å²) in [5.74, 6) is -0.0810.